The van der Waals surface area contributed by atoms with Crippen molar-refractivity contribution < 1.29 is 33.5 Å². The summed E-state index contributed by atoms with van der Waals surface area (Å²) in [4.78, 5) is 32.2. The summed E-state index contributed by atoms with van der Waals surface area (Å²) in [5.41, 5.74) is 3.81. The second kappa shape index (κ2) is 9.95. The highest BCUT2D eigenvalue weighted by Crippen LogP contribution is 2.52. The van der Waals surface area contributed by atoms with Crippen molar-refractivity contribution in [2.75, 3.05) is 0 Å². The number of phenolic OH excluding ortho intramolecular Hbond substituents is 1. The predicted octanol–water partition coefficient (Wildman–Crippen LogP) is 6.35. The smallest absolute Gasteiger partial charge is 0.508 e. The number of benzene rings is 3. The normalized spacial score (nSPS) is 17.0. The second-order valence-corrected chi connectivity index (χ2v) is 11.1. The van der Waals surface area contributed by atoms with E-state index in [9.17, 15) is 24.3 Å². The average molecular weight is 528 g/mol. The number of cyclic esters (lactones) is 1. The van der Waals surface area contributed by atoms with Crippen molar-refractivity contribution in [2.45, 2.75) is 59.0 Å². The molecule has 9 heteroatoms. The molecule has 0 saturated carbocycles. The first-order valence-corrected chi connectivity index (χ1v) is 13.4. The first-order chi connectivity index (χ1) is 16.8. The molecule has 1 aliphatic rings. The van der Waals surface area contributed by atoms with E-state index in [1.54, 1.807) is 31.2 Å². The third kappa shape index (κ3) is 4.90. The Morgan fingerprint density at radius 3 is 1.97 bits per heavy atom. The maximum absolute atomic E-state index is 13.2. The molecule has 6 N–H and O–H groups in total. The Morgan fingerprint density at radius 2 is 1.41 bits per heavy atom. The minimum absolute atomic E-state index is 0. The third-order valence-corrected chi connectivity index (χ3v) is 7.16. The van der Waals surface area contributed by atoms with E-state index < -0.39 is 19.4 Å². The molecule has 0 aromatic heterocycles. The molecule has 4 rings (SSSR count). The third-order valence-electron chi connectivity index (χ3n) is 6.72. The molecular weight excluding hydrogens is 493 g/mol. The quantitative estimate of drug-likeness (QED) is 0.214. The number of phosphoric ester groups is 1. The Kier molecular flexibility index (Phi) is 7.64. The number of fused-ring (bicyclic) bond motifs is 1. The number of hydrogen-bond donors (Lipinski definition) is 4. The minimum atomic E-state index is -4.80. The molecule has 1 unspecified atom stereocenters. The van der Waals surface area contributed by atoms with E-state index >= 15 is 0 Å². The molecule has 1 atom stereocenters. The summed E-state index contributed by atoms with van der Waals surface area (Å²) >= 11 is 0. The van der Waals surface area contributed by atoms with Gasteiger partial charge < -0.3 is 20.5 Å². The Bertz CT molecular complexity index is 1410. The minimum Gasteiger partial charge on any atom is -0.508 e. The Morgan fingerprint density at radius 1 is 0.865 bits per heavy atom. The predicted molar refractivity (Wildman–Crippen MR) is 142 cm³/mol. The molecule has 3 aromatic rings. The molecule has 198 valence electrons. The number of ether oxygens (including phenoxy) is 1. The highest BCUT2D eigenvalue weighted by Gasteiger charge is 2.50. The molecule has 0 amide bonds. The Balaban J connectivity index is 0.00000380. The standard InChI is InChI=1S/C28H31O7P.H3N/c1-15(2)20-13-23(17(5)11-25(20)29)28(22-10-8-7-9-19(22)27(30)34-28)24-14-21(16(3)4)26(12-18(24)6)35-36(31,32)33;/h7-16,29H,1-6H3,(H2,31,32,33);1H3. The molecule has 0 saturated heterocycles. The van der Waals surface area contributed by atoms with Crippen molar-refractivity contribution in [1.82, 2.24) is 6.15 Å². The van der Waals surface area contributed by atoms with Crippen LogP contribution in [0.15, 0.2) is 48.5 Å². The van der Waals surface area contributed by atoms with Crippen LogP contribution in [0.1, 0.15) is 88.8 Å². The summed E-state index contributed by atoms with van der Waals surface area (Å²) in [6.45, 7) is 11.4. The summed E-state index contributed by atoms with van der Waals surface area (Å²) in [5.74, 6) is -0.352. The Labute approximate surface area is 217 Å². The molecule has 37 heavy (non-hydrogen) atoms. The number of rotatable bonds is 6. The van der Waals surface area contributed by atoms with Gasteiger partial charge >= 0.3 is 13.8 Å². The van der Waals surface area contributed by atoms with Crippen molar-refractivity contribution >= 4 is 13.8 Å². The van der Waals surface area contributed by atoms with Crippen molar-refractivity contribution in [2.24, 2.45) is 0 Å². The van der Waals surface area contributed by atoms with Gasteiger partial charge in [0.15, 0.2) is 5.60 Å². The van der Waals surface area contributed by atoms with E-state index in [4.69, 9.17) is 9.26 Å². The van der Waals surface area contributed by atoms with Crippen molar-refractivity contribution in [3.05, 3.63) is 93.0 Å². The van der Waals surface area contributed by atoms with Crippen LogP contribution >= 0.6 is 7.82 Å². The van der Waals surface area contributed by atoms with Crippen LogP contribution in [0.25, 0.3) is 0 Å². The number of aryl methyl sites for hydroxylation is 2. The lowest BCUT2D eigenvalue weighted by atomic mass is 9.74. The van der Waals surface area contributed by atoms with Gasteiger partial charge in [0.2, 0.25) is 0 Å². The lowest BCUT2D eigenvalue weighted by Gasteiger charge is -2.34. The molecule has 1 heterocycles. The van der Waals surface area contributed by atoms with Crippen molar-refractivity contribution in [3.63, 3.8) is 0 Å². The van der Waals surface area contributed by atoms with Gasteiger partial charge in [0.1, 0.15) is 11.5 Å². The van der Waals surface area contributed by atoms with Crippen LogP contribution in [0.5, 0.6) is 11.5 Å². The molecule has 1 aliphatic heterocycles. The summed E-state index contributed by atoms with van der Waals surface area (Å²) in [6.07, 6.45) is 0. The lowest BCUT2D eigenvalue weighted by molar-refractivity contribution is 0.0247. The van der Waals surface area contributed by atoms with Gasteiger partial charge in [-0.3, -0.25) is 9.79 Å². The number of phosphoric acid groups is 1. The van der Waals surface area contributed by atoms with Crippen LogP contribution < -0.4 is 10.7 Å². The van der Waals surface area contributed by atoms with Gasteiger partial charge in [-0.05, 0) is 78.3 Å². The summed E-state index contributed by atoms with van der Waals surface area (Å²) in [5, 5.41) is 10.6. The highest BCUT2D eigenvalue weighted by atomic mass is 31.2. The number of phenols is 1. The van der Waals surface area contributed by atoms with E-state index in [1.807, 2.05) is 58.9 Å². The van der Waals surface area contributed by atoms with Gasteiger partial charge in [-0.1, -0.05) is 45.9 Å². The fourth-order valence-electron chi connectivity index (χ4n) is 5.05. The van der Waals surface area contributed by atoms with Gasteiger partial charge in [0.05, 0.1) is 5.56 Å². The summed E-state index contributed by atoms with van der Waals surface area (Å²) < 4.78 is 23.0. The lowest BCUT2D eigenvalue weighted by Crippen LogP contribution is -2.32. The monoisotopic (exact) mass is 527 g/mol. The zero-order valence-corrected chi connectivity index (χ0v) is 22.8. The first-order valence-electron chi connectivity index (χ1n) is 11.8. The second-order valence-electron chi connectivity index (χ2n) is 9.94. The van der Waals surface area contributed by atoms with Crippen LogP contribution in [-0.4, -0.2) is 20.9 Å². The van der Waals surface area contributed by atoms with Crippen LogP contribution in [0.3, 0.4) is 0 Å². The number of hydrogen-bond acceptors (Lipinski definition) is 6. The van der Waals surface area contributed by atoms with E-state index in [1.165, 1.54) is 0 Å². The first kappa shape index (κ1) is 28.4. The highest BCUT2D eigenvalue weighted by molar-refractivity contribution is 7.46. The molecule has 0 fully saturated rings. The maximum Gasteiger partial charge on any atom is 0.524 e. The SMILES string of the molecule is Cc1cc(O)c(C(C)C)cc1C1(c2cc(C(C)C)c(OP(=O)(O)O)cc2C)OC(=O)c2ccccc21.N. The molecule has 0 aliphatic carbocycles. The van der Waals surface area contributed by atoms with Gasteiger partial charge in [-0.2, -0.15) is 0 Å². The van der Waals surface area contributed by atoms with Crippen LogP contribution in [0.2, 0.25) is 0 Å². The Hall–Kier alpha value is -3.16. The topological polar surface area (TPSA) is 148 Å². The van der Waals surface area contributed by atoms with E-state index in [-0.39, 0.29) is 29.5 Å². The van der Waals surface area contributed by atoms with Gasteiger partial charge in [-0.15, -0.1) is 0 Å². The average Bonchev–Trinajstić information content (AvgIpc) is 3.05. The van der Waals surface area contributed by atoms with Crippen molar-refractivity contribution in [3.8, 4) is 11.5 Å². The van der Waals surface area contributed by atoms with Crippen molar-refractivity contribution in [1.29, 1.82) is 0 Å². The maximum atomic E-state index is 13.2. The molecular formula is C28H34NO7P. The largest absolute Gasteiger partial charge is 0.524 e. The molecule has 0 radical (unpaired) electrons. The molecule has 0 spiro atoms. The zero-order valence-electron chi connectivity index (χ0n) is 21.9. The van der Waals surface area contributed by atoms with Gasteiger partial charge in [0.25, 0.3) is 0 Å². The van der Waals surface area contributed by atoms with E-state index in [0.717, 1.165) is 11.1 Å². The van der Waals surface area contributed by atoms with E-state index in [2.05, 4.69) is 0 Å². The van der Waals surface area contributed by atoms with E-state index in [0.29, 0.717) is 33.4 Å². The number of aromatic hydroxyl groups is 1. The number of esters is 1. The molecule has 0 bridgehead atoms. The zero-order chi connectivity index (χ0) is 26.6. The van der Waals surface area contributed by atoms with Crippen LogP contribution in [0.4, 0.5) is 0 Å². The molecule has 3 aromatic carbocycles. The number of carbonyl (C=O) groups excluding carboxylic acids is 1. The summed E-state index contributed by atoms with van der Waals surface area (Å²) in [7, 11) is -4.80. The fourth-order valence-corrected chi connectivity index (χ4v) is 5.46. The number of carbonyl (C=O) groups is 1. The molecule has 8 nitrogen and oxygen atoms in total. The fraction of sp³-hybridized carbons (Fsp3) is 0.321. The summed E-state index contributed by atoms with van der Waals surface area (Å²) in [6, 6.07) is 14.2. The van der Waals surface area contributed by atoms with Gasteiger partial charge in [0, 0.05) is 16.7 Å². The van der Waals surface area contributed by atoms with Crippen LogP contribution in [-0.2, 0) is 14.9 Å². The van der Waals surface area contributed by atoms with Gasteiger partial charge in [-0.25, -0.2) is 9.36 Å². The van der Waals surface area contributed by atoms with Crippen LogP contribution in [0, 0.1) is 13.8 Å².